The lowest BCUT2D eigenvalue weighted by molar-refractivity contribution is 1.45. The van der Waals surface area contributed by atoms with Crippen molar-refractivity contribution in [1.29, 1.82) is 0 Å². The maximum absolute atomic E-state index is 5.83. The van der Waals surface area contributed by atoms with Crippen molar-refractivity contribution >= 4 is 34.2 Å². The van der Waals surface area contributed by atoms with Gasteiger partial charge in [0.1, 0.15) is 5.84 Å². The monoisotopic (exact) mass is 243 g/mol. The number of aromatic nitrogens is 1. The predicted molar refractivity (Wildman–Crippen MR) is 76.5 cm³/mol. The van der Waals surface area contributed by atoms with Gasteiger partial charge in [-0.3, -0.25) is 0 Å². The van der Waals surface area contributed by atoms with Gasteiger partial charge in [0.05, 0.1) is 5.69 Å². The lowest BCUT2D eigenvalue weighted by atomic mass is 10.2. The number of H-pyrrole nitrogens is 1. The van der Waals surface area contributed by atoms with Crippen molar-refractivity contribution in [3.8, 4) is 0 Å². The Morgan fingerprint density at radius 2 is 2.24 bits per heavy atom. The number of rotatable bonds is 4. The Morgan fingerprint density at radius 3 is 3.00 bits per heavy atom. The van der Waals surface area contributed by atoms with Gasteiger partial charge >= 0.3 is 0 Å². The van der Waals surface area contributed by atoms with Crippen LogP contribution in [0.5, 0.6) is 0 Å². The van der Waals surface area contributed by atoms with E-state index in [0.717, 1.165) is 16.6 Å². The zero-order valence-corrected chi connectivity index (χ0v) is 10.1. The summed E-state index contributed by atoms with van der Waals surface area (Å²) < 4.78 is 0. The van der Waals surface area contributed by atoms with Crippen LogP contribution in [0.4, 0.5) is 5.69 Å². The number of benzene rings is 1. The molecular weight excluding hydrogens is 230 g/mol. The fraction of sp³-hybridized carbons (Fsp3) is 0. The normalized spacial score (nSPS) is 11.6. The highest BCUT2D eigenvalue weighted by Crippen LogP contribution is 2.22. The average molecular weight is 243 g/mol. The summed E-state index contributed by atoms with van der Waals surface area (Å²) in [5, 5.41) is 2.83. The van der Waals surface area contributed by atoms with Gasteiger partial charge in [-0.2, -0.15) is 0 Å². The molecule has 2 rings (SSSR count). The molecule has 0 radical (unpaired) electrons. The van der Waals surface area contributed by atoms with Crippen LogP contribution < -0.4 is 5.73 Å². The number of amidine groups is 1. The van der Waals surface area contributed by atoms with Crippen LogP contribution in [0.3, 0.4) is 0 Å². The minimum absolute atomic E-state index is 0.417. The molecule has 0 spiro atoms. The molecule has 4 heteroatoms. The zero-order chi connectivity index (χ0) is 12.3. The van der Waals surface area contributed by atoms with E-state index in [2.05, 4.69) is 23.1 Å². The van der Waals surface area contributed by atoms with Gasteiger partial charge in [-0.15, -0.1) is 0 Å². The minimum Gasteiger partial charge on any atom is -0.383 e. The molecule has 0 aliphatic heterocycles. The minimum atomic E-state index is 0.417. The Labute approximate surface area is 104 Å². The number of hydrogen-bond acceptors (Lipinski definition) is 2. The van der Waals surface area contributed by atoms with Crippen molar-refractivity contribution in [2.45, 2.75) is 0 Å². The van der Waals surface area contributed by atoms with Gasteiger partial charge < -0.3 is 10.7 Å². The number of thioether (sulfide) groups is 1. The van der Waals surface area contributed by atoms with Gasteiger partial charge in [-0.05, 0) is 29.0 Å². The van der Waals surface area contributed by atoms with Crippen molar-refractivity contribution < 1.29 is 0 Å². The fourth-order valence-electron chi connectivity index (χ4n) is 1.47. The molecule has 0 fully saturated rings. The number of nitrogens with zero attached hydrogens (tertiary/aromatic N) is 1. The van der Waals surface area contributed by atoms with Crippen molar-refractivity contribution in [3.05, 3.63) is 53.9 Å². The van der Waals surface area contributed by atoms with Gasteiger partial charge in [0, 0.05) is 16.6 Å². The van der Waals surface area contributed by atoms with Crippen molar-refractivity contribution in [3.63, 3.8) is 0 Å². The smallest absolute Gasteiger partial charge is 0.137 e. The number of hydrogen-bond donors (Lipinski definition) is 2. The maximum Gasteiger partial charge on any atom is 0.137 e. The molecule has 0 atom stereocenters. The van der Waals surface area contributed by atoms with Crippen molar-refractivity contribution in [2.75, 3.05) is 0 Å². The maximum atomic E-state index is 5.83. The second-order valence-electron chi connectivity index (χ2n) is 3.45. The third kappa shape index (κ3) is 2.60. The second kappa shape index (κ2) is 4.93. The summed E-state index contributed by atoms with van der Waals surface area (Å²) in [6.45, 7) is 7.43. The summed E-state index contributed by atoms with van der Waals surface area (Å²) >= 11 is 1.37. The summed E-state index contributed by atoms with van der Waals surface area (Å²) in [5.74, 6) is 0.417. The molecule has 0 saturated heterocycles. The van der Waals surface area contributed by atoms with Crippen molar-refractivity contribution in [2.24, 2.45) is 10.7 Å². The summed E-state index contributed by atoms with van der Waals surface area (Å²) in [5.41, 5.74) is 7.68. The molecule has 1 aromatic carbocycles. The van der Waals surface area contributed by atoms with E-state index in [-0.39, 0.29) is 0 Å². The van der Waals surface area contributed by atoms with E-state index >= 15 is 0 Å². The highest BCUT2D eigenvalue weighted by Gasteiger charge is 2.00. The van der Waals surface area contributed by atoms with E-state index in [0.29, 0.717) is 10.7 Å². The number of nitrogens with two attached hydrogens (primary N) is 1. The molecule has 3 N–H and O–H groups in total. The van der Waals surface area contributed by atoms with Crippen LogP contribution in [0.1, 0.15) is 0 Å². The third-order valence-electron chi connectivity index (χ3n) is 2.30. The van der Waals surface area contributed by atoms with E-state index in [9.17, 15) is 0 Å². The highest BCUT2D eigenvalue weighted by atomic mass is 32.2. The Morgan fingerprint density at radius 1 is 1.41 bits per heavy atom. The van der Waals surface area contributed by atoms with Crippen LogP contribution in [-0.4, -0.2) is 10.8 Å². The SMILES string of the molecule is C=CSC(=C)C(N)=Nc1ccc2cc[nH]c2c1. The molecule has 3 nitrogen and oxygen atoms in total. The van der Waals surface area contributed by atoms with E-state index in [1.807, 2.05) is 30.5 Å². The highest BCUT2D eigenvalue weighted by molar-refractivity contribution is 8.06. The standard InChI is InChI=1S/C13H13N3S/c1-3-17-9(2)13(14)16-11-5-4-10-6-7-15-12(10)8-11/h3-8,15H,1-2H2,(H2,14,16). The molecule has 2 aromatic rings. The molecule has 0 bridgehead atoms. The number of nitrogens with one attached hydrogen (secondary N) is 1. The first-order chi connectivity index (χ1) is 8.20. The largest absolute Gasteiger partial charge is 0.383 e. The Bertz CT molecular complexity index is 595. The van der Waals surface area contributed by atoms with Gasteiger partial charge in [-0.1, -0.05) is 31.0 Å². The molecule has 0 unspecified atom stereocenters. The summed E-state index contributed by atoms with van der Waals surface area (Å²) in [6.07, 6.45) is 1.90. The van der Waals surface area contributed by atoms with Crippen molar-refractivity contribution in [1.82, 2.24) is 4.98 Å². The third-order valence-corrected chi connectivity index (χ3v) is 2.96. The quantitative estimate of drug-likeness (QED) is 0.637. The predicted octanol–water partition coefficient (Wildman–Crippen LogP) is 3.55. The summed E-state index contributed by atoms with van der Waals surface area (Å²) in [4.78, 5) is 8.15. The Kier molecular flexibility index (Phi) is 3.35. The second-order valence-corrected chi connectivity index (χ2v) is 4.52. The summed E-state index contributed by atoms with van der Waals surface area (Å²) in [7, 11) is 0. The molecule has 0 amide bonds. The first-order valence-electron chi connectivity index (χ1n) is 5.09. The first-order valence-corrected chi connectivity index (χ1v) is 5.97. The Hall–Kier alpha value is -1.94. The van der Waals surface area contributed by atoms with E-state index in [1.165, 1.54) is 11.8 Å². The van der Waals surface area contributed by atoms with Crippen LogP contribution in [0, 0.1) is 0 Å². The van der Waals surface area contributed by atoms with E-state index in [1.54, 1.807) is 5.41 Å². The van der Waals surface area contributed by atoms with Crippen LogP contribution >= 0.6 is 11.8 Å². The van der Waals surface area contributed by atoms with Gasteiger partial charge in [0.15, 0.2) is 0 Å². The molecule has 1 heterocycles. The lowest BCUT2D eigenvalue weighted by Crippen LogP contribution is -2.11. The van der Waals surface area contributed by atoms with Crippen LogP contribution in [-0.2, 0) is 0 Å². The van der Waals surface area contributed by atoms with Gasteiger partial charge in [0.25, 0.3) is 0 Å². The molecule has 86 valence electrons. The molecule has 0 aliphatic rings. The average Bonchev–Trinajstić information content (AvgIpc) is 2.76. The number of aromatic amines is 1. The topological polar surface area (TPSA) is 54.2 Å². The first kappa shape index (κ1) is 11.5. The Balaban J connectivity index is 2.30. The lowest BCUT2D eigenvalue weighted by Gasteiger charge is -2.01. The number of aliphatic imine (C=N–C) groups is 1. The molecule has 0 saturated carbocycles. The van der Waals surface area contributed by atoms with E-state index in [4.69, 9.17) is 5.73 Å². The zero-order valence-electron chi connectivity index (χ0n) is 9.31. The molecule has 0 aliphatic carbocycles. The van der Waals surface area contributed by atoms with Crippen LogP contribution in [0.25, 0.3) is 10.9 Å². The van der Waals surface area contributed by atoms with E-state index < -0.39 is 0 Å². The summed E-state index contributed by atoms with van der Waals surface area (Å²) in [6, 6.07) is 7.89. The molecular formula is C13H13N3S. The van der Waals surface area contributed by atoms with Crippen LogP contribution in [0.15, 0.2) is 58.9 Å². The van der Waals surface area contributed by atoms with Gasteiger partial charge in [0.2, 0.25) is 0 Å². The molecule has 1 aromatic heterocycles. The van der Waals surface area contributed by atoms with Crippen LogP contribution in [0.2, 0.25) is 0 Å². The molecule has 17 heavy (non-hydrogen) atoms. The van der Waals surface area contributed by atoms with Gasteiger partial charge in [-0.25, -0.2) is 4.99 Å². The fourth-order valence-corrected chi connectivity index (χ4v) is 1.84. The number of fused-ring (bicyclic) bond motifs is 1.